The summed E-state index contributed by atoms with van der Waals surface area (Å²) in [6.07, 6.45) is 6.03. The average molecular weight is 503 g/mol. The Morgan fingerprint density at radius 1 is 1.08 bits per heavy atom. The summed E-state index contributed by atoms with van der Waals surface area (Å²) in [4.78, 5) is 25.3. The second kappa shape index (κ2) is 8.93. The topological polar surface area (TPSA) is 142 Å². The molecule has 1 atom stereocenters. The number of nitrogen functional groups attached to an aromatic ring is 1. The summed E-state index contributed by atoms with van der Waals surface area (Å²) in [7, 11) is 0. The standard InChI is InChI=1S/C24H19F2N9O2/c25-24(26)37-16-3-5-19(34-12-30-32-33-34)17(9-16)14-7-15-2-4-20(35(15)22(36)8-14)23-29-11-18(31-23)13-1-6-21(27)28-10-13/h1,3,5-12,20,24H,2,4H2,(H2,27,28)(H,29,31)/t20-/m0/s1. The third-order valence-electron chi connectivity index (χ3n) is 6.24. The number of ether oxygens (including phenoxy) is 1. The molecule has 0 saturated carbocycles. The lowest BCUT2D eigenvalue weighted by Gasteiger charge is -2.15. The smallest absolute Gasteiger partial charge is 0.387 e. The summed E-state index contributed by atoms with van der Waals surface area (Å²) in [5.41, 5.74) is 9.34. The van der Waals surface area contributed by atoms with E-state index in [4.69, 9.17) is 5.73 Å². The zero-order chi connectivity index (χ0) is 25.5. The lowest BCUT2D eigenvalue weighted by atomic mass is 10.0. The van der Waals surface area contributed by atoms with Crippen molar-refractivity contribution < 1.29 is 13.5 Å². The predicted molar refractivity (Wildman–Crippen MR) is 128 cm³/mol. The lowest BCUT2D eigenvalue weighted by Crippen LogP contribution is -2.24. The van der Waals surface area contributed by atoms with E-state index in [-0.39, 0.29) is 17.4 Å². The number of imidazole rings is 1. The first-order valence-electron chi connectivity index (χ1n) is 11.3. The molecule has 0 amide bonds. The van der Waals surface area contributed by atoms with Gasteiger partial charge in [0.05, 0.1) is 23.6 Å². The van der Waals surface area contributed by atoms with E-state index in [1.807, 2.05) is 12.1 Å². The number of aromatic nitrogens is 8. The number of nitrogens with two attached hydrogens (primary N) is 1. The number of anilines is 1. The zero-order valence-corrected chi connectivity index (χ0v) is 19.1. The molecule has 37 heavy (non-hydrogen) atoms. The molecule has 0 radical (unpaired) electrons. The Kier molecular flexibility index (Phi) is 5.44. The van der Waals surface area contributed by atoms with Gasteiger partial charge in [-0.1, -0.05) is 0 Å². The van der Waals surface area contributed by atoms with Gasteiger partial charge in [-0.25, -0.2) is 9.97 Å². The monoisotopic (exact) mass is 503 g/mol. The van der Waals surface area contributed by atoms with Crippen LogP contribution in [0.2, 0.25) is 0 Å². The normalized spacial score (nSPS) is 14.7. The van der Waals surface area contributed by atoms with Crippen molar-refractivity contribution in [1.29, 1.82) is 0 Å². The maximum absolute atomic E-state index is 13.4. The van der Waals surface area contributed by atoms with Crippen molar-refractivity contribution in [3.8, 4) is 33.8 Å². The van der Waals surface area contributed by atoms with Crippen LogP contribution in [0.25, 0.3) is 28.1 Å². The first-order chi connectivity index (χ1) is 18.0. The maximum Gasteiger partial charge on any atom is 0.387 e. The van der Waals surface area contributed by atoms with Crippen molar-refractivity contribution in [2.75, 3.05) is 5.73 Å². The average Bonchev–Trinajstić information content (AvgIpc) is 3.65. The zero-order valence-electron chi connectivity index (χ0n) is 19.1. The van der Waals surface area contributed by atoms with Crippen LogP contribution < -0.4 is 16.0 Å². The van der Waals surface area contributed by atoms with Crippen LogP contribution in [0.15, 0.2) is 66.0 Å². The number of H-pyrrole nitrogens is 1. The van der Waals surface area contributed by atoms with Crippen molar-refractivity contribution in [1.82, 2.24) is 39.7 Å². The van der Waals surface area contributed by atoms with Crippen molar-refractivity contribution >= 4 is 5.82 Å². The number of nitrogens with one attached hydrogen (secondary N) is 1. The van der Waals surface area contributed by atoms with Crippen LogP contribution in [-0.2, 0) is 6.42 Å². The van der Waals surface area contributed by atoms with Crippen molar-refractivity contribution in [2.45, 2.75) is 25.5 Å². The SMILES string of the molecule is Nc1ccc(-c2cnc([C@@H]3CCc4cc(-c5cc(OC(F)F)ccc5-n5cnnn5)cc(=O)n43)[nH]2)cn1. The van der Waals surface area contributed by atoms with E-state index in [1.165, 1.54) is 29.2 Å². The largest absolute Gasteiger partial charge is 0.435 e. The second-order valence-electron chi connectivity index (χ2n) is 8.46. The van der Waals surface area contributed by atoms with Gasteiger partial charge < -0.3 is 20.0 Å². The van der Waals surface area contributed by atoms with Crippen LogP contribution >= 0.6 is 0 Å². The molecule has 5 aromatic rings. The Hall–Kier alpha value is -4.94. The van der Waals surface area contributed by atoms with Gasteiger partial charge in [0.1, 0.15) is 23.7 Å². The van der Waals surface area contributed by atoms with Crippen LogP contribution in [-0.4, -0.2) is 46.3 Å². The Morgan fingerprint density at radius 3 is 2.73 bits per heavy atom. The van der Waals surface area contributed by atoms with E-state index in [0.717, 1.165) is 17.0 Å². The Balaban J connectivity index is 1.38. The Bertz CT molecular complexity index is 1630. The summed E-state index contributed by atoms with van der Waals surface area (Å²) in [6, 6.07) is 11.0. The molecule has 13 heteroatoms. The number of hydrogen-bond acceptors (Lipinski definition) is 8. The molecule has 0 saturated heterocycles. The number of benzene rings is 1. The van der Waals surface area contributed by atoms with Gasteiger partial charge in [-0.05, 0) is 65.2 Å². The van der Waals surface area contributed by atoms with Crippen molar-refractivity contribution in [2.24, 2.45) is 0 Å². The van der Waals surface area contributed by atoms with Gasteiger partial charge >= 0.3 is 6.61 Å². The fourth-order valence-electron chi connectivity index (χ4n) is 4.62. The summed E-state index contributed by atoms with van der Waals surface area (Å²) >= 11 is 0. The maximum atomic E-state index is 13.4. The number of nitrogens with zero attached hydrogens (tertiary/aromatic N) is 7. The summed E-state index contributed by atoms with van der Waals surface area (Å²) in [6.45, 7) is -2.99. The van der Waals surface area contributed by atoms with E-state index in [0.29, 0.717) is 41.3 Å². The molecule has 0 spiro atoms. The van der Waals surface area contributed by atoms with Gasteiger partial charge in [-0.2, -0.15) is 13.5 Å². The fourth-order valence-corrected chi connectivity index (χ4v) is 4.62. The van der Waals surface area contributed by atoms with Gasteiger partial charge in [-0.3, -0.25) is 4.79 Å². The quantitative estimate of drug-likeness (QED) is 0.360. The first kappa shape index (κ1) is 22.5. The number of pyridine rings is 2. The van der Waals surface area contributed by atoms with Gasteiger partial charge in [0.2, 0.25) is 0 Å². The molecule has 0 fully saturated rings. The summed E-state index contributed by atoms with van der Waals surface area (Å²) in [5, 5.41) is 11.2. The van der Waals surface area contributed by atoms with Gasteiger partial charge in [0.25, 0.3) is 5.56 Å². The summed E-state index contributed by atoms with van der Waals surface area (Å²) < 4.78 is 33.4. The minimum atomic E-state index is -2.99. The van der Waals surface area contributed by atoms with Crippen LogP contribution in [0.5, 0.6) is 5.75 Å². The highest BCUT2D eigenvalue weighted by molar-refractivity contribution is 5.74. The highest BCUT2D eigenvalue weighted by atomic mass is 19.3. The first-order valence-corrected chi connectivity index (χ1v) is 11.3. The molecular formula is C24H19F2N9O2. The van der Waals surface area contributed by atoms with E-state index in [9.17, 15) is 13.6 Å². The lowest BCUT2D eigenvalue weighted by molar-refractivity contribution is -0.0498. The molecule has 11 nitrogen and oxygen atoms in total. The van der Waals surface area contributed by atoms with Crippen molar-refractivity contribution in [3.05, 3.63) is 83.1 Å². The third kappa shape index (κ3) is 4.20. The molecule has 6 rings (SSSR count). The molecule has 3 N–H and O–H groups in total. The minimum absolute atomic E-state index is 0.0411. The molecular weight excluding hydrogens is 484 g/mol. The molecule has 5 heterocycles. The molecule has 0 unspecified atom stereocenters. The van der Waals surface area contributed by atoms with E-state index < -0.39 is 6.61 Å². The highest BCUT2D eigenvalue weighted by Gasteiger charge is 2.28. The van der Waals surface area contributed by atoms with E-state index in [2.05, 4.69) is 35.2 Å². The number of tetrazole rings is 1. The van der Waals surface area contributed by atoms with Gasteiger partial charge in [0, 0.05) is 29.1 Å². The molecule has 0 bridgehead atoms. The van der Waals surface area contributed by atoms with Crippen LogP contribution in [0.1, 0.15) is 24.0 Å². The second-order valence-corrected chi connectivity index (χ2v) is 8.46. The van der Waals surface area contributed by atoms with E-state index in [1.54, 1.807) is 29.1 Å². The number of fused-ring (bicyclic) bond motifs is 1. The van der Waals surface area contributed by atoms with Crippen LogP contribution in [0.4, 0.5) is 14.6 Å². The number of aryl methyl sites for hydroxylation is 1. The fraction of sp³-hybridized carbons (Fsp3) is 0.167. The van der Waals surface area contributed by atoms with Crippen LogP contribution in [0.3, 0.4) is 0 Å². The Labute approximate surface area is 207 Å². The van der Waals surface area contributed by atoms with Crippen molar-refractivity contribution in [3.63, 3.8) is 0 Å². The molecule has 0 aliphatic carbocycles. The predicted octanol–water partition coefficient (Wildman–Crippen LogP) is 3.00. The van der Waals surface area contributed by atoms with E-state index >= 15 is 0 Å². The molecule has 1 aromatic carbocycles. The van der Waals surface area contributed by atoms with Crippen LogP contribution in [0, 0.1) is 0 Å². The number of rotatable bonds is 6. The molecule has 4 aromatic heterocycles. The Morgan fingerprint density at radius 2 is 1.97 bits per heavy atom. The van der Waals surface area contributed by atoms with Gasteiger partial charge in [-0.15, -0.1) is 5.10 Å². The molecule has 1 aliphatic rings. The number of halogens is 2. The minimum Gasteiger partial charge on any atom is -0.435 e. The molecule has 186 valence electrons. The highest BCUT2D eigenvalue weighted by Crippen LogP contribution is 2.35. The third-order valence-corrected chi connectivity index (χ3v) is 6.24. The number of alkyl halides is 2. The number of hydrogen-bond donors (Lipinski definition) is 2. The van der Waals surface area contributed by atoms with Gasteiger partial charge in [0.15, 0.2) is 0 Å². The summed E-state index contributed by atoms with van der Waals surface area (Å²) in [5.74, 6) is 1.04. The molecule has 1 aliphatic heterocycles. The number of aromatic amines is 1.